The lowest BCUT2D eigenvalue weighted by atomic mass is 9.91. The van der Waals surface area contributed by atoms with Crippen LogP contribution in [0.3, 0.4) is 0 Å². The Balaban J connectivity index is 2.20. The Bertz CT molecular complexity index is 575. The van der Waals surface area contributed by atoms with E-state index in [1.165, 1.54) is 0 Å². The lowest BCUT2D eigenvalue weighted by Gasteiger charge is -2.20. The Morgan fingerprint density at radius 3 is 2.71 bits per heavy atom. The molecule has 3 heteroatoms. The van der Waals surface area contributed by atoms with Crippen molar-refractivity contribution in [3.8, 4) is 0 Å². The van der Waals surface area contributed by atoms with E-state index in [9.17, 15) is 5.11 Å². The van der Waals surface area contributed by atoms with E-state index in [1.54, 1.807) is 0 Å². The molecule has 1 aliphatic rings. The van der Waals surface area contributed by atoms with Crippen molar-refractivity contribution in [2.75, 3.05) is 0 Å². The number of aliphatic hydroxyl groups excluding tert-OH is 1. The number of para-hydroxylation sites is 1. The molecule has 1 fully saturated rings. The molecule has 88 valence electrons. The van der Waals surface area contributed by atoms with E-state index in [0.717, 1.165) is 29.3 Å². The summed E-state index contributed by atoms with van der Waals surface area (Å²) in [6, 6.07) is 9.99. The monoisotopic (exact) mass is 247 g/mol. The molecule has 0 radical (unpaired) electrons. The highest BCUT2D eigenvalue weighted by atomic mass is 35.5. The highest BCUT2D eigenvalue weighted by Crippen LogP contribution is 2.53. The van der Waals surface area contributed by atoms with Crippen molar-refractivity contribution >= 4 is 22.5 Å². The first-order valence-corrected chi connectivity index (χ1v) is 6.25. The second kappa shape index (κ2) is 3.69. The van der Waals surface area contributed by atoms with Gasteiger partial charge in [-0.3, -0.25) is 0 Å². The fourth-order valence-corrected chi connectivity index (χ4v) is 2.82. The molecule has 0 aliphatic heterocycles. The summed E-state index contributed by atoms with van der Waals surface area (Å²) in [4.78, 5) is 4.42. The molecule has 0 bridgehead atoms. The van der Waals surface area contributed by atoms with Gasteiger partial charge in [0.2, 0.25) is 0 Å². The molecule has 1 aliphatic carbocycles. The summed E-state index contributed by atoms with van der Waals surface area (Å²) in [5.41, 5.74) is 1.74. The molecule has 0 amide bonds. The van der Waals surface area contributed by atoms with Crippen LogP contribution in [0.5, 0.6) is 0 Å². The van der Waals surface area contributed by atoms with E-state index >= 15 is 0 Å². The minimum Gasteiger partial charge on any atom is -0.392 e. The number of aliphatic hydroxyl groups is 1. The van der Waals surface area contributed by atoms with E-state index in [4.69, 9.17) is 11.6 Å². The average Bonchev–Trinajstić information content (AvgIpc) is 3.09. The highest BCUT2D eigenvalue weighted by Gasteiger charge is 2.50. The Kier molecular flexibility index (Phi) is 2.39. The van der Waals surface area contributed by atoms with Gasteiger partial charge >= 0.3 is 0 Å². The summed E-state index contributed by atoms with van der Waals surface area (Å²) in [5, 5.41) is 11.5. The molecule has 2 nitrogen and oxygen atoms in total. The van der Waals surface area contributed by atoms with E-state index in [-0.39, 0.29) is 11.5 Å². The number of benzene rings is 1. The lowest BCUT2D eigenvalue weighted by Crippen LogP contribution is -2.23. The van der Waals surface area contributed by atoms with Crippen LogP contribution in [0.1, 0.15) is 25.3 Å². The molecule has 1 unspecified atom stereocenters. The number of rotatable bonds is 2. The van der Waals surface area contributed by atoms with Gasteiger partial charge in [0.05, 0.1) is 11.6 Å². The molecular formula is C14H14ClNO. The number of hydrogen-bond acceptors (Lipinski definition) is 2. The molecule has 0 spiro atoms. The Morgan fingerprint density at radius 1 is 1.35 bits per heavy atom. The zero-order chi connectivity index (χ0) is 12.0. The fraction of sp³-hybridized carbons (Fsp3) is 0.357. The van der Waals surface area contributed by atoms with Gasteiger partial charge < -0.3 is 5.11 Å². The number of aromatic nitrogens is 1. The van der Waals surface area contributed by atoms with Crippen LogP contribution in [0, 0.1) is 0 Å². The van der Waals surface area contributed by atoms with Crippen LogP contribution in [0.2, 0.25) is 5.15 Å². The van der Waals surface area contributed by atoms with Crippen molar-refractivity contribution in [2.45, 2.75) is 31.3 Å². The largest absolute Gasteiger partial charge is 0.392 e. The normalized spacial score (nSPS) is 19.2. The first-order valence-electron chi connectivity index (χ1n) is 5.87. The average molecular weight is 248 g/mol. The minimum absolute atomic E-state index is 0.159. The topological polar surface area (TPSA) is 33.1 Å². The maximum Gasteiger partial charge on any atom is 0.133 e. The van der Waals surface area contributed by atoms with Gasteiger partial charge in [-0.05, 0) is 37.5 Å². The number of fused-ring (bicyclic) bond motifs is 1. The van der Waals surface area contributed by atoms with Crippen LogP contribution in [0.4, 0.5) is 0 Å². The predicted molar refractivity (Wildman–Crippen MR) is 69.3 cm³/mol. The SMILES string of the molecule is CC(O)C1(c2cc3ccccc3nc2Cl)CC1. The number of nitrogens with zero attached hydrogens (tertiary/aromatic N) is 1. The summed E-state index contributed by atoms with van der Waals surface area (Å²) >= 11 is 6.25. The molecule has 2 aromatic rings. The van der Waals surface area contributed by atoms with Crippen LogP contribution in [-0.4, -0.2) is 16.2 Å². The maximum absolute atomic E-state index is 9.91. The predicted octanol–water partition coefficient (Wildman–Crippen LogP) is 3.30. The molecular weight excluding hydrogens is 234 g/mol. The van der Waals surface area contributed by atoms with Crippen LogP contribution in [0.15, 0.2) is 30.3 Å². The Hall–Kier alpha value is -1.12. The third-order valence-corrected chi connectivity index (χ3v) is 4.09. The highest BCUT2D eigenvalue weighted by molar-refractivity contribution is 6.30. The number of hydrogen-bond donors (Lipinski definition) is 1. The van der Waals surface area contributed by atoms with Gasteiger partial charge in [-0.15, -0.1) is 0 Å². The molecule has 1 aromatic heterocycles. The number of halogens is 1. The molecule has 1 N–H and O–H groups in total. The van der Waals surface area contributed by atoms with Crippen LogP contribution >= 0.6 is 11.6 Å². The third-order valence-electron chi connectivity index (χ3n) is 3.80. The first kappa shape index (κ1) is 11.0. The Labute approximate surface area is 105 Å². The first-order chi connectivity index (χ1) is 8.13. The van der Waals surface area contributed by atoms with Crippen molar-refractivity contribution < 1.29 is 5.11 Å². The van der Waals surface area contributed by atoms with E-state index < -0.39 is 0 Å². The summed E-state index contributed by atoms with van der Waals surface area (Å²) in [7, 11) is 0. The van der Waals surface area contributed by atoms with Crippen molar-refractivity contribution in [1.82, 2.24) is 4.98 Å². The van der Waals surface area contributed by atoms with E-state index in [2.05, 4.69) is 11.1 Å². The van der Waals surface area contributed by atoms with Gasteiger partial charge in [0.1, 0.15) is 5.15 Å². The van der Waals surface area contributed by atoms with Crippen LogP contribution < -0.4 is 0 Å². The van der Waals surface area contributed by atoms with Crippen molar-refractivity contribution in [2.24, 2.45) is 0 Å². The van der Waals surface area contributed by atoms with Gasteiger partial charge in [0, 0.05) is 10.8 Å². The summed E-state index contributed by atoms with van der Waals surface area (Å²) < 4.78 is 0. The maximum atomic E-state index is 9.91. The van der Waals surface area contributed by atoms with Gasteiger partial charge in [-0.25, -0.2) is 4.98 Å². The second-order valence-electron chi connectivity index (χ2n) is 4.85. The molecule has 1 aromatic carbocycles. The fourth-order valence-electron chi connectivity index (χ4n) is 2.49. The lowest BCUT2D eigenvalue weighted by molar-refractivity contribution is 0.150. The summed E-state index contributed by atoms with van der Waals surface area (Å²) in [6.45, 7) is 1.83. The summed E-state index contributed by atoms with van der Waals surface area (Å²) in [5.74, 6) is 0. The molecule has 1 saturated carbocycles. The van der Waals surface area contributed by atoms with Gasteiger partial charge in [0.15, 0.2) is 0 Å². The van der Waals surface area contributed by atoms with Crippen molar-refractivity contribution in [3.63, 3.8) is 0 Å². The quantitative estimate of drug-likeness (QED) is 0.826. The number of pyridine rings is 1. The van der Waals surface area contributed by atoms with Crippen molar-refractivity contribution in [1.29, 1.82) is 0 Å². The summed E-state index contributed by atoms with van der Waals surface area (Å²) in [6.07, 6.45) is 1.61. The van der Waals surface area contributed by atoms with E-state index in [1.807, 2.05) is 31.2 Å². The molecule has 0 saturated heterocycles. The second-order valence-corrected chi connectivity index (χ2v) is 5.21. The zero-order valence-electron chi connectivity index (χ0n) is 9.65. The van der Waals surface area contributed by atoms with E-state index in [0.29, 0.717) is 5.15 Å². The molecule has 1 heterocycles. The third kappa shape index (κ3) is 1.63. The van der Waals surface area contributed by atoms with Crippen molar-refractivity contribution in [3.05, 3.63) is 41.0 Å². The smallest absolute Gasteiger partial charge is 0.133 e. The standard InChI is InChI=1S/C14H14ClNO/c1-9(17)14(6-7-14)11-8-10-4-2-3-5-12(10)16-13(11)15/h2-5,8-9,17H,6-7H2,1H3. The molecule has 1 atom stereocenters. The molecule has 3 rings (SSSR count). The van der Waals surface area contributed by atoms with Crippen LogP contribution in [-0.2, 0) is 5.41 Å². The van der Waals surface area contributed by atoms with Gasteiger partial charge in [0.25, 0.3) is 0 Å². The van der Waals surface area contributed by atoms with Gasteiger partial charge in [-0.1, -0.05) is 29.8 Å². The molecule has 17 heavy (non-hydrogen) atoms. The Morgan fingerprint density at radius 2 is 2.06 bits per heavy atom. The van der Waals surface area contributed by atoms with Gasteiger partial charge in [-0.2, -0.15) is 0 Å². The van der Waals surface area contributed by atoms with Crippen LogP contribution in [0.25, 0.3) is 10.9 Å². The minimum atomic E-state index is -0.372. The zero-order valence-corrected chi connectivity index (χ0v) is 10.4.